The fourth-order valence-electron chi connectivity index (χ4n) is 2.83. The summed E-state index contributed by atoms with van der Waals surface area (Å²) in [6, 6.07) is 17.3. The fraction of sp³-hybridized carbons (Fsp3) is 0.0476. The number of para-hydroxylation sites is 2. The Morgan fingerprint density at radius 3 is 2.71 bits per heavy atom. The summed E-state index contributed by atoms with van der Waals surface area (Å²) in [6.07, 6.45) is 0. The minimum absolute atomic E-state index is 0.0504. The number of anilines is 1. The molecule has 0 aliphatic carbocycles. The zero-order chi connectivity index (χ0) is 19.7. The number of aromatic hydroxyl groups is 1. The van der Waals surface area contributed by atoms with Crippen LogP contribution in [0.4, 0.5) is 5.69 Å². The van der Waals surface area contributed by atoms with E-state index in [0.29, 0.717) is 39.6 Å². The normalized spacial score (nSPS) is 10.8. The molecule has 140 valence electrons. The number of nitrogens with one attached hydrogen (secondary N) is 1. The van der Waals surface area contributed by atoms with Crippen molar-refractivity contribution in [2.24, 2.45) is 0 Å². The number of carbonyl (C=O) groups is 1. The van der Waals surface area contributed by atoms with Crippen LogP contribution in [0.1, 0.15) is 10.4 Å². The molecule has 1 amide bonds. The molecule has 1 aromatic heterocycles. The molecule has 4 aromatic rings. The molecule has 28 heavy (non-hydrogen) atoms. The second kappa shape index (κ2) is 7.36. The molecule has 0 saturated carbocycles. The van der Waals surface area contributed by atoms with Gasteiger partial charge in [-0.1, -0.05) is 28.1 Å². The Kier molecular flexibility index (Phi) is 4.75. The Balaban J connectivity index is 1.61. The number of rotatable bonds is 4. The number of phenolic OH excluding ortho intramolecular Hbond substituents is 1. The molecule has 0 bridgehead atoms. The Morgan fingerprint density at radius 2 is 1.96 bits per heavy atom. The molecule has 0 unspecified atom stereocenters. The highest BCUT2D eigenvalue weighted by atomic mass is 79.9. The van der Waals surface area contributed by atoms with Crippen LogP contribution in [0.2, 0.25) is 0 Å². The van der Waals surface area contributed by atoms with Gasteiger partial charge in [0.05, 0.1) is 18.2 Å². The van der Waals surface area contributed by atoms with E-state index in [-0.39, 0.29) is 11.7 Å². The first-order valence-electron chi connectivity index (χ1n) is 8.39. The lowest BCUT2D eigenvalue weighted by molar-refractivity contribution is 0.102. The van der Waals surface area contributed by atoms with Gasteiger partial charge >= 0.3 is 0 Å². The van der Waals surface area contributed by atoms with E-state index in [1.807, 2.05) is 24.3 Å². The van der Waals surface area contributed by atoms with E-state index >= 15 is 0 Å². The molecule has 6 nitrogen and oxygen atoms in total. The number of benzene rings is 3. The molecule has 3 aromatic carbocycles. The topological polar surface area (TPSA) is 84.6 Å². The summed E-state index contributed by atoms with van der Waals surface area (Å²) in [6.45, 7) is 0. The van der Waals surface area contributed by atoms with Crippen molar-refractivity contribution in [1.29, 1.82) is 0 Å². The largest absolute Gasteiger partial charge is 0.507 e. The van der Waals surface area contributed by atoms with Gasteiger partial charge in [0.2, 0.25) is 5.89 Å². The van der Waals surface area contributed by atoms with E-state index in [1.54, 1.807) is 30.3 Å². The highest BCUT2D eigenvalue weighted by Crippen LogP contribution is 2.33. The summed E-state index contributed by atoms with van der Waals surface area (Å²) >= 11 is 3.35. The molecule has 0 aliphatic rings. The molecular formula is C21H15BrN2O4. The number of methoxy groups -OCH3 is 1. The van der Waals surface area contributed by atoms with Crippen molar-refractivity contribution in [2.75, 3.05) is 12.4 Å². The number of ether oxygens (including phenoxy) is 1. The van der Waals surface area contributed by atoms with Crippen LogP contribution in [0.3, 0.4) is 0 Å². The van der Waals surface area contributed by atoms with Gasteiger partial charge in [-0.3, -0.25) is 4.79 Å². The minimum Gasteiger partial charge on any atom is -0.507 e. The van der Waals surface area contributed by atoms with Gasteiger partial charge in [-0.2, -0.15) is 0 Å². The SMILES string of the molecule is COc1ccc(Br)cc1C(=O)Nc1ccc(-c2nc3ccccc3o2)c(O)c1. The van der Waals surface area contributed by atoms with Gasteiger partial charge in [0, 0.05) is 16.2 Å². The second-order valence-electron chi connectivity index (χ2n) is 6.02. The van der Waals surface area contributed by atoms with Gasteiger partial charge < -0.3 is 19.6 Å². The van der Waals surface area contributed by atoms with Crippen molar-refractivity contribution in [3.05, 3.63) is 70.7 Å². The average Bonchev–Trinajstić information content (AvgIpc) is 3.11. The van der Waals surface area contributed by atoms with Gasteiger partial charge in [0.15, 0.2) is 5.58 Å². The zero-order valence-electron chi connectivity index (χ0n) is 14.8. The van der Waals surface area contributed by atoms with Gasteiger partial charge in [-0.25, -0.2) is 4.98 Å². The number of aromatic nitrogens is 1. The van der Waals surface area contributed by atoms with E-state index in [9.17, 15) is 9.90 Å². The molecule has 0 fully saturated rings. The summed E-state index contributed by atoms with van der Waals surface area (Å²) in [7, 11) is 1.50. The summed E-state index contributed by atoms with van der Waals surface area (Å²) in [4.78, 5) is 17.0. The number of carbonyl (C=O) groups excluding carboxylic acids is 1. The van der Waals surface area contributed by atoms with Crippen molar-refractivity contribution in [1.82, 2.24) is 4.98 Å². The Labute approximate surface area is 168 Å². The van der Waals surface area contributed by atoms with Crippen molar-refractivity contribution < 1.29 is 19.1 Å². The van der Waals surface area contributed by atoms with E-state index < -0.39 is 0 Å². The number of nitrogens with zero attached hydrogens (tertiary/aromatic N) is 1. The van der Waals surface area contributed by atoms with Crippen LogP contribution in [0, 0.1) is 0 Å². The molecule has 0 radical (unpaired) electrons. The number of phenols is 1. The van der Waals surface area contributed by atoms with E-state index in [1.165, 1.54) is 13.2 Å². The minimum atomic E-state index is -0.354. The molecule has 1 heterocycles. The van der Waals surface area contributed by atoms with Crippen molar-refractivity contribution in [3.8, 4) is 23.0 Å². The lowest BCUT2D eigenvalue weighted by Gasteiger charge is -2.11. The Morgan fingerprint density at radius 1 is 1.14 bits per heavy atom. The van der Waals surface area contributed by atoms with Gasteiger partial charge in [0.25, 0.3) is 5.91 Å². The third kappa shape index (κ3) is 3.44. The highest BCUT2D eigenvalue weighted by molar-refractivity contribution is 9.10. The molecule has 0 saturated heterocycles. The molecule has 0 spiro atoms. The van der Waals surface area contributed by atoms with Crippen LogP contribution in [0.5, 0.6) is 11.5 Å². The van der Waals surface area contributed by atoms with Gasteiger partial charge in [-0.05, 0) is 42.5 Å². The van der Waals surface area contributed by atoms with Crippen LogP contribution in [-0.4, -0.2) is 23.1 Å². The predicted octanol–water partition coefficient (Wildman–Crippen LogP) is 5.22. The summed E-state index contributed by atoms with van der Waals surface area (Å²) in [5, 5.41) is 13.2. The Bertz CT molecular complexity index is 1150. The van der Waals surface area contributed by atoms with Crippen LogP contribution in [0.15, 0.2) is 69.6 Å². The fourth-order valence-corrected chi connectivity index (χ4v) is 3.19. The lowest BCUT2D eigenvalue weighted by Crippen LogP contribution is -2.13. The summed E-state index contributed by atoms with van der Waals surface area (Å²) in [5.74, 6) is 0.357. The van der Waals surface area contributed by atoms with Crippen LogP contribution in [-0.2, 0) is 0 Å². The molecule has 7 heteroatoms. The number of amides is 1. The van der Waals surface area contributed by atoms with Crippen molar-refractivity contribution in [3.63, 3.8) is 0 Å². The number of halogens is 1. The smallest absolute Gasteiger partial charge is 0.259 e. The van der Waals surface area contributed by atoms with Crippen molar-refractivity contribution in [2.45, 2.75) is 0 Å². The van der Waals surface area contributed by atoms with Gasteiger partial charge in [0.1, 0.15) is 17.0 Å². The van der Waals surface area contributed by atoms with Crippen LogP contribution >= 0.6 is 15.9 Å². The van der Waals surface area contributed by atoms with E-state index in [0.717, 1.165) is 4.47 Å². The number of hydrogen-bond donors (Lipinski definition) is 2. The third-order valence-electron chi connectivity index (χ3n) is 4.19. The summed E-state index contributed by atoms with van der Waals surface area (Å²) < 4.78 is 11.7. The lowest BCUT2D eigenvalue weighted by atomic mass is 10.1. The average molecular weight is 439 g/mol. The monoisotopic (exact) mass is 438 g/mol. The van der Waals surface area contributed by atoms with Gasteiger partial charge in [-0.15, -0.1) is 0 Å². The highest BCUT2D eigenvalue weighted by Gasteiger charge is 2.16. The first-order chi connectivity index (χ1) is 13.5. The standard InChI is InChI=1S/C21H15BrN2O4/c1-27-18-9-6-12(22)10-15(18)20(26)23-13-7-8-14(17(25)11-13)21-24-16-4-2-3-5-19(16)28-21/h2-11,25H,1H3,(H,23,26). The van der Waals surface area contributed by atoms with E-state index in [2.05, 4.69) is 26.2 Å². The molecule has 4 rings (SSSR count). The number of hydrogen-bond acceptors (Lipinski definition) is 5. The van der Waals surface area contributed by atoms with Crippen molar-refractivity contribution >= 4 is 38.6 Å². The predicted molar refractivity (Wildman–Crippen MR) is 110 cm³/mol. The number of fused-ring (bicyclic) bond motifs is 1. The van der Waals surface area contributed by atoms with E-state index in [4.69, 9.17) is 9.15 Å². The zero-order valence-corrected chi connectivity index (χ0v) is 16.4. The molecule has 0 atom stereocenters. The molecule has 0 aliphatic heterocycles. The maximum absolute atomic E-state index is 12.6. The Hall–Kier alpha value is -3.32. The second-order valence-corrected chi connectivity index (χ2v) is 6.93. The quantitative estimate of drug-likeness (QED) is 0.455. The first kappa shape index (κ1) is 18.1. The molecular weight excluding hydrogens is 424 g/mol. The summed E-state index contributed by atoms with van der Waals surface area (Å²) in [5.41, 5.74) is 2.59. The maximum Gasteiger partial charge on any atom is 0.259 e. The molecule has 2 N–H and O–H groups in total. The van der Waals surface area contributed by atoms with Crippen LogP contribution < -0.4 is 10.1 Å². The first-order valence-corrected chi connectivity index (χ1v) is 9.18. The van der Waals surface area contributed by atoms with Crippen LogP contribution in [0.25, 0.3) is 22.6 Å². The number of oxazole rings is 1. The third-order valence-corrected chi connectivity index (χ3v) is 4.68. The maximum atomic E-state index is 12.6.